The lowest BCUT2D eigenvalue weighted by Gasteiger charge is -2.19. The van der Waals surface area contributed by atoms with E-state index >= 15 is 0 Å². The summed E-state index contributed by atoms with van der Waals surface area (Å²) in [4.78, 5) is 30.1. The lowest BCUT2D eigenvalue weighted by Crippen LogP contribution is -2.38. The summed E-state index contributed by atoms with van der Waals surface area (Å²) in [5, 5.41) is 33.4. The molecule has 10 heteroatoms. The summed E-state index contributed by atoms with van der Waals surface area (Å²) < 4.78 is 11.6. The predicted molar refractivity (Wildman–Crippen MR) is 42.0 cm³/mol. The summed E-state index contributed by atoms with van der Waals surface area (Å²) in [6.07, 6.45) is -9.48. The van der Waals surface area contributed by atoms with Gasteiger partial charge in [0.05, 0.1) is 0 Å². The fourth-order valence-electron chi connectivity index (χ4n) is 0.637. The maximum absolute atomic E-state index is 10.1. The molecule has 0 bridgehead atoms. The molecule has 0 saturated carbocycles. The molecule has 2 unspecified atom stereocenters. The van der Waals surface area contributed by atoms with Crippen molar-refractivity contribution in [1.29, 1.82) is 0 Å². The van der Waals surface area contributed by atoms with E-state index in [9.17, 15) is 14.4 Å². The summed E-state index contributed by atoms with van der Waals surface area (Å²) >= 11 is 0. The quantitative estimate of drug-likeness (QED) is 0.286. The van der Waals surface area contributed by atoms with Crippen molar-refractivity contribution in [2.24, 2.45) is 0 Å². The first-order valence-electron chi connectivity index (χ1n) is 3.66. The van der Waals surface area contributed by atoms with E-state index in [-0.39, 0.29) is 0 Å². The van der Waals surface area contributed by atoms with Crippen LogP contribution >= 0.6 is 0 Å². The first kappa shape index (κ1) is 13.8. The van der Waals surface area contributed by atoms with Gasteiger partial charge in [-0.25, -0.2) is 14.4 Å². The molecule has 0 aliphatic carbocycles. The number of rotatable bonds is 5. The molecule has 16 heavy (non-hydrogen) atoms. The van der Waals surface area contributed by atoms with E-state index in [1.165, 1.54) is 0 Å². The van der Waals surface area contributed by atoms with Crippen LogP contribution in [0.4, 0.5) is 14.4 Å². The van der Waals surface area contributed by atoms with Crippen molar-refractivity contribution in [3.8, 4) is 0 Å². The van der Waals surface area contributed by atoms with Crippen molar-refractivity contribution in [1.82, 2.24) is 0 Å². The Bertz CT molecular complexity index is 272. The lowest BCUT2D eigenvalue weighted by atomic mass is 10.3. The third-order valence-corrected chi connectivity index (χ3v) is 1.16. The van der Waals surface area contributed by atoms with Gasteiger partial charge in [0.25, 0.3) is 0 Å². The highest BCUT2D eigenvalue weighted by molar-refractivity contribution is 5.59. The largest absolute Gasteiger partial charge is 0.508 e. The van der Waals surface area contributed by atoms with Gasteiger partial charge in [-0.1, -0.05) is 0 Å². The number of aliphatic hydroxyl groups is 1. The number of aliphatic hydroxyl groups excluding tert-OH is 1. The summed E-state index contributed by atoms with van der Waals surface area (Å²) in [7, 11) is 0. The monoisotopic (exact) mass is 240 g/mol. The zero-order chi connectivity index (χ0) is 12.7. The molecule has 0 heterocycles. The molecule has 0 radical (unpaired) electrons. The fraction of sp³-hybridized carbons (Fsp3) is 0.500. The smallest absolute Gasteiger partial charge is 0.450 e. The molecule has 0 aliphatic heterocycles. The normalized spacial score (nSPS) is 13.3. The molecular formula is C6H8O10. The molecule has 92 valence electrons. The van der Waals surface area contributed by atoms with Crippen LogP contribution in [0.15, 0.2) is 0 Å². The number of ether oxygens (including phenoxy) is 3. The van der Waals surface area contributed by atoms with E-state index in [0.29, 0.717) is 0 Å². The van der Waals surface area contributed by atoms with Crippen molar-refractivity contribution < 1.29 is 49.0 Å². The van der Waals surface area contributed by atoms with Gasteiger partial charge in [0.1, 0.15) is 6.61 Å². The summed E-state index contributed by atoms with van der Waals surface area (Å²) in [6, 6.07) is 0. The van der Waals surface area contributed by atoms with E-state index < -0.39 is 37.5 Å². The summed E-state index contributed by atoms with van der Waals surface area (Å²) in [5.41, 5.74) is 0. The molecule has 0 aromatic carbocycles. The van der Waals surface area contributed by atoms with Gasteiger partial charge in [-0.05, 0) is 0 Å². The average Bonchev–Trinajstić information content (AvgIpc) is 2.09. The van der Waals surface area contributed by atoms with Crippen molar-refractivity contribution in [2.75, 3.05) is 6.61 Å². The van der Waals surface area contributed by atoms with Gasteiger partial charge >= 0.3 is 18.5 Å². The second-order valence-electron chi connectivity index (χ2n) is 2.27. The molecule has 0 saturated heterocycles. The van der Waals surface area contributed by atoms with E-state index in [0.717, 1.165) is 0 Å². The van der Waals surface area contributed by atoms with Crippen LogP contribution in [0.3, 0.4) is 0 Å². The van der Waals surface area contributed by atoms with Gasteiger partial charge in [-0.3, -0.25) is 0 Å². The summed E-state index contributed by atoms with van der Waals surface area (Å²) in [6.45, 7) is -0.907. The molecule has 0 spiro atoms. The van der Waals surface area contributed by atoms with E-state index in [2.05, 4.69) is 14.2 Å². The molecule has 0 aliphatic rings. The highest BCUT2D eigenvalue weighted by Crippen LogP contribution is 2.04. The number of carbonyl (C=O) groups is 3. The van der Waals surface area contributed by atoms with E-state index in [4.69, 9.17) is 20.4 Å². The highest BCUT2D eigenvalue weighted by Gasteiger charge is 2.28. The lowest BCUT2D eigenvalue weighted by molar-refractivity contribution is -0.154. The average molecular weight is 240 g/mol. The number of carboxylic acid groups (broad SMARTS) is 3. The molecule has 0 fully saturated rings. The van der Waals surface area contributed by atoms with Crippen molar-refractivity contribution in [2.45, 2.75) is 12.4 Å². The van der Waals surface area contributed by atoms with Crippen LogP contribution in [-0.4, -0.2) is 57.9 Å². The Balaban J connectivity index is 4.33. The zero-order valence-electron chi connectivity index (χ0n) is 7.60. The van der Waals surface area contributed by atoms with Crippen LogP contribution in [0.5, 0.6) is 0 Å². The van der Waals surface area contributed by atoms with Gasteiger partial charge < -0.3 is 34.6 Å². The Morgan fingerprint density at radius 1 is 0.938 bits per heavy atom. The summed E-state index contributed by atoms with van der Waals surface area (Å²) in [5.74, 6) is 0. The van der Waals surface area contributed by atoms with E-state index in [1.807, 2.05) is 0 Å². The van der Waals surface area contributed by atoms with Crippen LogP contribution < -0.4 is 0 Å². The van der Waals surface area contributed by atoms with Gasteiger partial charge in [0, 0.05) is 0 Å². The van der Waals surface area contributed by atoms with Crippen LogP contribution in [0, 0.1) is 0 Å². The van der Waals surface area contributed by atoms with E-state index in [1.54, 1.807) is 0 Å². The first-order chi connectivity index (χ1) is 7.32. The fourth-order valence-corrected chi connectivity index (χ4v) is 0.637. The van der Waals surface area contributed by atoms with Crippen molar-refractivity contribution >= 4 is 18.5 Å². The molecule has 4 N–H and O–H groups in total. The standard InChI is InChI=1S/C6H8O10/c7-3(16-6(12)13)2(15-5(10)11)1-14-4(8)9/h2-3,7H,1H2,(H,8,9)(H,10,11)(H,12,13). The first-order valence-corrected chi connectivity index (χ1v) is 3.66. The Hall–Kier alpha value is -2.23. The Morgan fingerprint density at radius 3 is 1.81 bits per heavy atom. The number of hydrogen-bond donors (Lipinski definition) is 4. The maximum atomic E-state index is 10.1. The maximum Gasteiger partial charge on any atom is 0.508 e. The van der Waals surface area contributed by atoms with Crippen molar-refractivity contribution in [3.05, 3.63) is 0 Å². The molecule has 10 nitrogen and oxygen atoms in total. The van der Waals surface area contributed by atoms with Gasteiger partial charge in [-0.2, -0.15) is 0 Å². The zero-order valence-corrected chi connectivity index (χ0v) is 7.60. The predicted octanol–water partition coefficient (Wildman–Crippen LogP) is -0.243. The van der Waals surface area contributed by atoms with Crippen LogP contribution in [0.25, 0.3) is 0 Å². The topological polar surface area (TPSA) is 160 Å². The van der Waals surface area contributed by atoms with Crippen LogP contribution in [-0.2, 0) is 14.2 Å². The van der Waals surface area contributed by atoms with Gasteiger partial charge in [0.15, 0.2) is 0 Å². The molecule has 0 aromatic rings. The van der Waals surface area contributed by atoms with Crippen LogP contribution in [0.2, 0.25) is 0 Å². The second-order valence-corrected chi connectivity index (χ2v) is 2.27. The molecular weight excluding hydrogens is 232 g/mol. The van der Waals surface area contributed by atoms with Crippen LogP contribution in [0.1, 0.15) is 0 Å². The minimum Gasteiger partial charge on any atom is -0.450 e. The Kier molecular flexibility index (Phi) is 5.41. The van der Waals surface area contributed by atoms with Gasteiger partial charge in [-0.15, -0.1) is 0 Å². The Morgan fingerprint density at radius 2 is 1.44 bits per heavy atom. The highest BCUT2D eigenvalue weighted by atomic mass is 16.7. The SMILES string of the molecule is O=C(O)OCC(OC(=O)O)C(O)OC(=O)O. The minimum absolute atomic E-state index is 0.907. The van der Waals surface area contributed by atoms with Crippen molar-refractivity contribution in [3.63, 3.8) is 0 Å². The molecule has 0 aromatic heterocycles. The molecule has 0 amide bonds. The third-order valence-electron chi connectivity index (χ3n) is 1.16. The molecule has 0 rings (SSSR count). The molecule has 2 atom stereocenters. The second kappa shape index (κ2) is 6.29. The number of hydrogen-bond acceptors (Lipinski definition) is 7. The third kappa shape index (κ3) is 6.26. The minimum atomic E-state index is -2.19. The van der Waals surface area contributed by atoms with Gasteiger partial charge in [0.2, 0.25) is 12.4 Å². The Labute approximate surface area is 87.6 Å².